The van der Waals surface area contributed by atoms with Crippen LogP contribution in [-0.4, -0.2) is 26.4 Å². The molecule has 1 aromatic carbocycles. The molecule has 0 aromatic heterocycles. The first-order valence-electron chi connectivity index (χ1n) is 6.14. The second-order valence-corrected chi connectivity index (χ2v) is 4.69. The Bertz CT molecular complexity index is 391. The van der Waals surface area contributed by atoms with Crippen LogP contribution >= 0.6 is 9.24 Å². The van der Waals surface area contributed by atoms with E-state index < -0.39 is 0 Å². The van der Waals surface area contributed by atoms with Crippen LogP contribution in [0.15, 0.2) is 18.2 Å². The lowest BCUT2D eigenvalue weighted by Gasteiger charge is -2.10. The van der Waals surface area contributed by atoms with Crippen LogP contribution in [0.1, 0.15) is 24.0 Å². The molecule has 4 heteroatoms. The first kappa shape index (κ1) is 15.0. The molecule has 18 heavy (non-hydrogen) atoms. The maximum absolute atomic E-state index is 11.1. The third-order valence-electron chi connectivity index (χ3n) is 2.85. The SMILES string of the molecule is COC(=O)CCc1ccc(CCCP)c(OC)c1. The quantitative estimate of drug-likeness (QED) is 0.563. The molecular weight excluding hydrogens is 247 g/mol. The van der Waals surface area contributed by atoms with E-state index in [0.29, 0.717) is 12.8 Å². The molecule has 0 saturated heterocycles. The Hall–Kier alpha value is -1.08. The van der Waals surface area contributed by atoms with Crippen molar-refractivity contribution in [2.75, 3.05) is 20.4 Å². The fraction of sp³-hybridized carbons (Fsp3) is 0.500. The van der Waals surface area contributed by atoms with Gasteiger partial charge in [-0.1, -0.05) is 12.1 Å². The highest BCUT2D eigenvalue weighted by atomic mass is 31.0. The largest absolute Gasteiger partial charge is 0.496 e. The lowest BCUT2D eigenvalue weighted by atomic mass is 10.0. The molecule has 0 saturated carbocycles. The minimum Gasteiger partial charge on any atom is -0.496 e. The van der Waals surface area contributed by atoms with Crippen molar-refractivity contribution in [2.24, 2.45) is 0 Å². The fourth-order valence-electron chi connectivity index (χ4n) is 1.79. The van der Waals surface area contributed by atoms with Gasteiger partial charge in [-0.25, -0.2) is 0 Å². The Morgan fingerprint density at radius 1 is 1.28 bits per heavy atom. The molecule has 1 rings (SSSR count). The average Bonchev–Trinajstić information content (AvgIpc) is 2.42. The number of esters is 1. The van der Waals surface area contributed by atoms with Gasteiger partial charge >= 0.3 is 5.97 Å². The number of benzene rings is 1. The van der Waals surface area contributed by atoms with Gasteiger partial charge in [-0.15, -0.1) is 9.24 Å². The molecule has 1 aromatic rings. The highest BCUT2D eigenvalue weighted by Crippen LogP contribution is 2.22. The van der Waals surface area contributed by atoms with E-state index in [1.54, 1.807) is 7.11 Å². The summed E-state index contributed by atoms with van der Waals surface area (Å²) in [5.74, 6) is 0.733. The Labute approximate surface area is 111 Å². The molecule has 0 aliphatic heterocycles. The van der Waals surface area contributed by atoms with Crippen LogP contribution in [0.3, 0.4) is 0 Å². The summed E-state index contributed by atoms with van der Waals surface area (Å²) in [6.45, 7) is 0. The standard InChI is InChI=1S/C14H21O3P/c1-16-13-10-11(6-8-14(15)17-2)5-7-12(13)4-3-9-18/h5,7,10H,3-4,6,8-9,18H2,1-2H3. The number of carbonyl (C=O) groups excluding carboxylic acids is 1. The summed E-state index contributed by atoms with van der Waals surface area (Å²) >= 11 is 0. The van der Waals surface area contributed by atoms with Crippen LogP contribution in [0.25, 0.3) is 0 Å². The van der Waals surface area contributed by atoms with Crippen molar-refractivity contribution in [3.05, 3.63) is 29.3 Å². The molecule has 0 aliphatic rings. The lowest BCUT2D eigenvalue weighted by molar-refractivity contribution is -0.140. The molecule has 0 heterocycles. The predicted molar refractivity (Wildman–Crippen MR) is 76.2 cm³/mol. The van der Waals surface area contributed by atoms with Crippen molar-refractivity contribution in [3.63, 3.8) is 0 Å². The first-order chi connectivity index (χ1) is 8.71. The van der Waals surface area contributed by atoms with Crippen molar-refractivity contribution >= 4 is 15.2 Å². The molecule has 0 aliphatic carbocycles. The van der Waals surface area contributed by atoms with E-state index in [2.05, 4.69) is 26.1 Å². The van der Waals surface area contributed by atoms with Crippen LogP contribution in [0.5, 0.6) is 5.75 Å². The second kappa shape index (κ2) is 8.10. The van der Waals surface area contributed by atoms with Gasteiger partial charge in [0.25, 0.3) is 0 Å². The summed E-state index contributed by atoms with van der Waals surface area (Å²) in [6.07, 6.45) is 4.33. The van der Waals surface area contributed by atoms with Gasteiger partial charge in [0.2, 0.25) is 0 Å². The third kappa shape index (κ3) is 4.66. The summed E-state index contributed by atoms with van der Waals surface area (Å²) in [5, 5.41) is 0. The highest BCUT2D eigenvalue weighted by molar-refractivity contribution is 7.16. The predicted octanol–water partition coefficient (Wildman–Crippen LogP) is 2.61. The van der Waals surface area contributed by atoms with Gasteiger partial charge in [0.1, 0.15) is 5.75 Å². The monoisotopic (exact) mass is 268 g/mol. The molecule has 0 bridgehead atoms. The first-order valence-corrected chi connectivity index (χ1v) is 6.95. The maximum Gasteiger partial charge on any atom is 0.305 e. The topological polar surface area (TPSA) is 35.5 Å². The molecule has 0 amide bonds. The van der Waals surface area contributed by atoms with Crippen molar-refractivity contribution in [1.29, 1.82) is 0 Å². The smallest absolute Gasteiger partial charge is 0.305 e. The number of rotatable bonds is 7. The molecule has 0 fully saturated rings. The van der Waals surface area contributed by atoms with Gasteiger partial charge in [-0.3, -0.25) is 4.79 Å². The summed E-state index contributed by atoms with van der Waals surface area (Å²) in [4.78, 5) is 11.1. The van der Waals surface area contributed by atoms with Crippen molar-refractivity contribution in [1.82, 2.24) is 0 Å². The summed E-state index contributed by atoms with van der Waals surface area (Å²) in [7, 11) is 5.83. The van der Waals surface area contributed by atoms with Crippen molar-refractivity contribution < 1.29 is 14.3 Å². The van der Waals surface area contributed by atoms with Crippen LogP contribution in [0, 0.1) is 0 Å². The lowest BCUT2D eigenvalue weighted by Crippen LogP contribution is -2.02. The Kier molecular flexibility index (Phi) is 6.74. The number of ether oxygens (including phenoxy) is 2. The molecule has 1 unspecified atom stereocenters. The van der Waals surface area contributed by atoms with E-state index in [4.69, 9.17) is 4.74 Å². The maximum atomic E-state index is 11.1. The minimum absolute atomic E-state index is 0.180. The molecular formula is C14H21O3P. The van der Waals surface area contributed by atoms with E-state index in [1.807, 2.05) is 6.07 Å². The minimum atomic E-state index is -0.180. The van der Waals surface area contributed by atoms with Gasteiger partial charge in [0, 0.05) is 6.42 Å². The number of methoxy groups -OCH3 is 2. The van der Waals surface area contributed by atoms with Crippen LogP contribution in [0.4, 0.5) is 0 Å². The van der Waals surface area contributed by atoms with Gasteiger partial charge in [0.05, 0.1) is 14.2 Å². The van der Waals surface area contributed by atoms with E-state index in [0.717, 1.165) is 30.3 Å². The van der Waals surface area contributed by atoms with E-state index >= 15 is 0 Å². The van der Waals surface area contributed by atoms with Crippen LogP contribution in [0.2, 0.25) is 0 Å². The zero-order valence-corrected chi connectivity index (χ0v) is 12.2. The molecule has 0 N–H and O–H groups in total. The summed E-state index contributed by atoms with van der Waals surface area (Å²) in [6, 6.07) is 6.16. The number of hydrogen-bond acceptors (Lipinski definition) is 3. The molecule has 1 atom stereocenters. The van der Waals surface area contributed by atoms with E-state index in [-0.39, 0.29) is 5.97 Å². The van der Waals surface area contributed by atoms with Crippen molar-refractivity contribution in [3.8, 4) is 5.75 Å². The number of carbonyl (C=O) groups is 1. The van der Waals surface area contributed by atoms with Crippen molar-refractivity contribution in [2.45, 2.75) is 25.7 Å². The normalized spacial score (nSPS) is 10.2. The van der Waals surface area contributed by atoms with Gasteiger partial charge in [-0.05, 0) is 42.6 Å². The highest BCUT2D eigenvalue weighted by Gasteiger charge is 2.06. The van der Waals surface area contributed by atoms with E-state index in [9.17, 15) is 4.79 Å². The summed E-state index contributed by atoms with van der Waals surface area (Å²) < 4.78 is 10.0. The number of hydrogen-bond donors (Lipinski definition) is 0. The Morgan fingerprint density at radius 3 is 2.67 bits per heavy atom. The van der Waals surface area contributed by atoms with Gasteiger partial charge in [-0.2, -0.15) is 0 Å². The fourth-order valence-corrected chi connectivity index (χ4v) is 2.00. The van der Waals surface area contributed by atoms with Crippen LogP contribution < -0.4 is 4.74 Å². The molecule has 0 spiro atoms. The Balaban J connectivity index is 2.68. The zero-order chi connectivity index (χ0) is 13.4. The second-order valence-electron chi connectivity index (χ2n) is 4.11. The van der Waals surface area contributed by atoms with Gasteiger partial charge < -0.3 is 9.47 Å². The van der Waals surface area contributed by atoms with E-state index in [1.165, 1.54) is 12.7 Å². The Morgan fingerprint density at radius 2 is 2.06 bits per heavy atom. The van der Waals surface area contributed by atoms with Crippen LogP contribution in [-0.2, 0) is 22.4 Å². The number of aryl methyl sites for hydroxylation is 2. The zero-order valence-electron chi connectivity index (χ0n) is 11.1. The molecule has 0 radical (unpaired) electrons. The average molecular weight is 268 g/mol. The third-order valence-corrected chi connectivity index (χ3v) is 3.26. The molecule has 100 valence electrons. The molecule has 3 nitrogen and oxygen atoms in total. The van der Waals surface area contributed by atoms with Gasteiger partial charge in [0.15, 0.2) is 0 Å². The summed E-state index contributed by atoms with van der Waals surface area (Å²) in [5.41, 5.74) is 2.33.